The third-order valence-corrected chi connectivity index (χ3v) is 6.61. The lowest BCUT2D eigenvalue weighted by Crippen LogP contribution is -2.18. The highest BCUT2D eigenvalue weighted by atomic mass is 32.2. The zero-order valence-corrected chi connectivity index (χ0v) is 16.4. The largest absolute Gasteiger partial charge is 0.279 e. The van der Waals surface area contributed by atoms with Gasteiger partial charge in [0.15, 0.2) is 9.79 Å². The minimum absolute atomic E-state index is 0.258. The summed E-state index contributed by atoms with van der Waals surface area (Å²) in [6, 6.07) is 9.53. The number of anilines is 2. The van der Waals surface area contributed by atoms with Gasteiger partial charge in [0.25, 0.3) is 20.0 Å². The molecule has 0 fully saturated rings. The number of rotatable bonds is 6. The molecule has 3 rings (SSSR count). The van der Waals surface area contributed by atoms with Crippen LogP contribution in [0.1, 0.15) is 0 Å². The highest BCUT2D eigenvalue weighted by Gasteiger charge is 2.26. The van der Waals surface area contributed by atoms with Gasteiger partial charge in [0.05, 0.1) is 11.4 Å². The molecule has 0 spiro atoms. The molecule has 0 radical (unpaired) electrons. The Labute approximate surface area is 169 Å². The van der Waals surface area contributed by atoms with Crippen LogP contribution in [0.4, 0.5) is 28.9 Å². The molecule has 2 N–H and O–H groups in total. The fraction of sp³-hybridized carbons (Fsp3) is 0. The first-order valence-electron chi connectivity index (χ1n) is 8.05. The van der Waals surface area contributed by atoms with Crippen LogP contribution in [0.15, 0.2) is 70.5 Å². The molecule has 158 valence electrons. The van der Waals surface area contributed by atoms with Crippen molar-refractivity contribution in [2.75, 3.05) is 9.44 Å². The number of hydrogen-bond acceptors (Lipinski definition) is 4. The maximum absolute atomic E-state index is 13.8. The second-order valence-electron chi connectivity index (χ2n) is 5.89. The molecule has 30 heavy (non-hydrogen) atoms. The molecule has 12 heteroatoms. The van der Waals surface area contributed by atoms with Gasteiger partial charge in [0, 0.05) is 0 Å². The lowest BCUT2D eigenvalue weighted by Gasteiger charge is -2.13. The Morgan fingerprint density at radius 1 is 0.533 bits per heavy atom. The van der Waals surface area contributed by atoms with Crippen LogP contribution in [0, 0.1) is 23.3 Å². The summed E-state index contributed by atoms with van der Waals surface area (Å²) < 4.78 is 108. The summed E-state index contributed by atoms with van der Waals surface area (Å²) in [7, 11) is -9.40. The van der Waals surface area contributed by atoms with E-state index in [1.54, 1.807) is 0 Å². The molecule has 0 saturated heterocycles. The third-order valence-electron chi connectivity index (χ3n) is 3.74. The van der Waals surface area contributed by atoms with E-state index in [-0.39, 0.29) is 11.4 Å². The summed E-state index contributed by atoms with van der Waals surface area (Å²) in [4.78, 5) is -2.44. The Hall–Kier alpha value is -3.12. The van der Waals surface area contributed by atoms with Crippen molar-refractivity contribution < 1.29 is 34.4 Å². The summed E-state index contributed by atoms with van der Waals surface area (Å²) in [5.74, 6) is -5.30. The fourth-order valence-electron chi connectivity index (χ4n) is 2.54. The molecule has 6 nitrogen and oxygen atoms in total. The molecule has 0 atom stereocenters. The first kappa shape index (κ1) is 21.6. The topological polar surface area (TPSA) is 92.3 Å². The molecule has 0 bridgehead atoms. The lowest BCUT2D eigenvalue weighted by atomic mass is 10.3. The standard InChI is InChI=1S/C18H12F4N2O4S2/c19-13-6-2-7-14(20)17(13)29(25,26)23-11-4-1-5-12(10-11)24-30(27,28)18-15(21)8-3-9-16(18)22/h1-10,23-24H. The van der Waals surface area contributed by atoms with E-state index in [1.807, 2.05) is 9.44 Å². The Morgan fingerprint density at radius 2 is 0.833 bits per heavy atom. The van der Waals surface area contributed by atoms with Crippen molar-refractivity contribution in [1.29, 1.82) is 0 Å². The zero-order valence-electron chi connectivity index (χ0n) is 14.7. The van der Waals surface area contributed by atoms with E-state index in [0.717, 1.165) is 42.5 Å². The maximum Gasteiger partial charge on any atom is 0.267 e. The molecule has 0 unspecified atom stereocenters. The summed E-state index contributed by atoms with van der Waals surface area (Å²) in [5.41, 5.74) is -0.515. The molecule has 3 aromatic rings. The van der Waals surface area contributed by atoms with Gasteiger partial charge in [-0.3, -0.25) is 9.44 Å². The third kappa shape index (κ3) is 4.39. The van der Waals surface area contributed by atoms with Gasteiger partial charge >= 0.3 is 0 Å². The summed E-state index contributed by atoms with van der Waals surface area (Å²) in [5, 5.41) is 0. The van der Waals surface area contributed by atoms with Crippen molar-refractivity contribution >= 4 is 31.4 Å². The molecule has 0 saturated carbocycles. The molecular weight excluding hydrogens is 448 g/mol. The molecule has 0 aromatic heterocycles. The summed E-state index contributed by atoms with van der Waals surface area (Å²) in [6.45, 7) is 0. The van der Waals surface area contributed by atoms with Crippen molar-refractivity contribution in [2.45, 2.75) is 9.79 Å². The van der Waals surface area contributed by atoms with Gasteiger partial charge in [-0.2, -0.15) is 0 Å². The maximum atomic E-state index is 13.8. The Morgan fingerprint density at radius 3 is 1.17 bits per heavy atom. The van der Waals surface area contributed by atoms with Crippen LogP contribution in [0.25, 0.3) is 0 Å². The van der Waals surface area contributed by atoms with Crippen LogP contribution in [0.2, 0.25) is 0 Å². The van der Waals surface area contributed by atoms with Crippen LogP contribution in [0.3, 0.4) is 0 Å². The number of halogens is 4. The fourth-order valence-corrected chi connectivity index (χ4v) is 4.91. The molecule has 3 aromatic carbocycles. The van der Waals surface area contributed by atoms with Crippen molar-refractivity contribution in [3.63, 3.8) is 0 Å². The van der Waals surface area contributed by atoms with E-state index in [9.17, 15) is 34.4 Å². The smallest absolute Gasteiger partial charge is 0.267 e. The Kier molecular flexibility index (Phi) is 5.72. The van der Waals surface area contributed by atoms with E-state index in [2.05, 4.69) is 0 Å². The van der Waals surface area contributed by atoms with Crippen LogP contribution in [0.5, 0.6) is 0 Å². The summed E-state index contributed by atoms with van der Waals surface area (Å²) in [6.07, 6.45) is 0. The van der Waals surface area contributed by atoms with Crippen LogP contribution in [-0.4, -0.2) is 16.8 Å². The average Bonchev–Trinajstić information content (AvgIpc) is 2.60. The molecule has 0 aliphatic heterocycles. The van der Waals surface area contributed by atoms with Crippen molar-refractivity contribution in [3.05, 3.63) is 83.9 Å². The van der Waals surface area contributed by atoms with Gasteiger partial charge in [-0.15, -0.1) is 0 Å². The van der Waals surface area contributed by atoms with Gasteiger partial charge in [-0.1, -0.05) is 18.2 Å². The van der Waals surface area contributed by atoms with E-state index in [1.165, 1.54) is 18.2 Å². The average molecular weight is 460 g/mol. The second kappa shape index (κ2) is 7.95. The lowest BCUT2D eigenvalue weighted by molar-refractivity contribution is 0.519. The van der Waals surface area contributed by atoms with E-state index in [4.69, 9.17) is 0 Å². The number of nitrogens with one attached hydrogen (secondary N) is 2. The van der Waals surface area contributed by atoms with Crippen LogP contribution in [-0.2, 0) is 20.0 Å². The Balaban J connectivity index is 1.92. The molecule has 0 heterocycles. The normalized spacial score (nSPS) is 11.9. The van der Waals surface area contributed by atoms with E-state index >= 15 is 0 Å². The van der Waals surface area contributed by atoms with Crippen LogP contribution >= 0.6 is 0 Å². The second-order valence-corrected chi connectivity index (χ2v) is 9.13. The molecular formula is C18H12F4N2O4S2. The van der Waals surface area contributed by atoms with Crippen LogP contribution < -0.4 is 9.44 Å². The quantitative estimate of drug-likeness (QED) is 0.547. The van der Waals surface area contributed by atoms with Gasteiger partial charge in [0.2, 0.25) is 0 Å². The van der Waals surface area contributed by atoms with Gasteiger partial charge in [-0.25, -0.2) is 34.4 Å². The van der Waals surface area contributed by atoms with Gasteiger partial charge in [-0.05, 0) is 42.5 Å². The van der Waals surface area contributed by atoms with Gasteiger partial charge < -0.3 is 0 Å². The summed E-state index contributed by atoms with van der Waals surface area (Å²) >= 11 is 0. The van der Waals surface area contributed by atoms with E-state index in [0.29, 0.717) is 0 Å². The minimum atomic E-state index is -4.70. The van der Waals surface area contributed by atoms with E-state index < -0.39 is 53.1 Å². The number of sulfonamides is 2. The van der Waals surface area contributed by atoms with Crippen molar-refractivity contribution in [1.82, 2.24) is 0 Å². The minimum Gasteiger partial charge on any atom is -0.279 e. The first-order chi connectivity index (χ1) is 14.0. The predicted molar refractivity (Wildman–Crippen MR) is 101 cm³/mol. The zero-order chi connectivity index (χ0) is 22.1. The predicted octanol–water partition coefficient (Wildman–Crippen LogP) is 3.84. The first-order valence-corrected chi connectivity index (χ1v) is 11.0. The van der Waals surface area contributed by atoms with Crippen molar-refractivity contribution in [2.24, 2.45) is 0 Å². The molecule has 0 amide bonds. The SMILES string of the molecule is O=S(=O)(Nc1cccc(NS(=O)(=O)c2c(F)cccc2F)c1)c1c(F)cccc1F. The number of benzene rings is 3. The number of hydrogen-bond donors (Lipinski definition) is 2. The molecule has 0 aliphatic rings. The molecule has 0 aliphatic carbocycles. The highest BCUT2D eigenvalue weighted by Crippen LogP contribution is 2.26. The monoisotopic (exact) mass is 460 g/mol. The Bertz CT molecular complexity index is 1190. The highest BCUT2D eigenvalue weighted by molar-refractivity contribution is 7.93. The van der Waals surface area contributed by atoms with Crippen molar-refractivity contribution in [3.8, 4) is 0 Å². The van der Waals surface area contributed by atoms with Gasteiger partial charge in [0.1, 0.15) is 23.3 Å².